The number of nitrogens with zero attached hydrogens (tertiary/aromatic N) is 1. The summed E-state index contributed by atoms with van der Waals surface area (Å²) in [5.74, 6) is -1.66. The number of ether oxygens (including phenoxy) is 2. The highest BCUT2D eigenvalue weighted by atomic mass is 16.6. The molecule has 9 heteroatoms. The van der Waals surface area contributed by atoms with E-state index in [0.717, 1.165) is 6.07 Å². The first-order valence-electron chi connectivity index (χ1n) is 8.01. The summed E-state index contributed by atoms with van der Waals surface area (Å²) in [5, 5.41) is 23.2. The van der Waals surface area contributed by atoms with Gasteiger partial charge in [0.05, 0.1) is 10.5 Å². The van der Waals surface area contributed by atoms with E-state index in [-0.39, 0.29) is 16.8 Å². The first-order chi connectivity index (χ1) is 12.0. The highest BCUT2D eigenvalue weighted by Gasteiger charge is 2.29. The average Bonchev–Trinajstić information content (AvgIpc) is 2.49. The van der Waals surface area contributed by atoms with E-state index < -0.39 is 34.2 Å². The molecule has 0 aromatic heterocycles. The molecule has 26 heavy (non-hydrogen) atoms. The van der Waals surface area contributed by atoms with E-state index in [0.29, 0.717) is 13.0 Å². The summed E-state index contributed by atoms with van der Waals surface area (Å²) in [6, 6.07) is 2.22. The number of benzene rings is 1. The number of anilines is 1. The SMILES string of the molecule is COCCC(C)c1c(C(=O)O)ccc([N+](=O)[O-])c1NC(=O)OC(C)(C)C. The van der Waals surface area contributed by atoms with E-state index >= 15 is 0 Å². The van der Waals surface area contributed by atoms with Gasteiger partial charge in [-0.15, -0.1) is 0 Å². The number of hydrogen-bond acceptors (Lipinski definition) is 6. The van der Waals surface area contributed by atoms with Gasteiger partial charge in [0, 0.05) is 25.3 Å². The van der Waals surface area contributed by atoms with Crippen molar-refractivity contribution in [2.45, 2.75) is 45.6 Å². The number of aromatic carboxylic acids is 1. The van der Waals surface area contributed by atoms with Crippen LogP contribution in [0.3, 0.4) is 0 Å². The van der Waals surface area contributed by atoms with Crippen molar-refractivity contribution in [2.75, 3.05) is 19.0 Å². The molecule has 0 radical (unpaired) electrons. The Balaban J connectivity index is 3.49. The van der Waals surface area contributed by atoms with Gasteiger partial charge in [-0.1, -0.05) is 6.92 Å². The van der Waals surface area contributed by atoms with Crippen molar-refractivity contribution in [3.63, 3.8) is 0 Å². The third kappa shape index (κ3) is 5.69. The van der Waals surface area contributed by atoms with Crippen molar-refractivity contribution in [3.05, 3.63) is 33.4 Å². The molecule has 0 saturated heterocycles. The van der Waals surface area contributed by atoms with Gasteiger partial charge in [0.15, 0.2) is 0 Å². The monoisotopic (exact) mass is 368 g/mol. The first kappa shape index (κ1) is 21.4. The van der Waals surface area contributed by atoms with Gasteiger partial charge in [-0.3, -0.25) is 15.4 Å². The molecule has 2 N–H and O–H groups in total. The number of hydrogen-bond donors (Lipinski definition) is 2. The zero-order chi connectivity index (χ0) is 20.1. The summed E-state index contributed by atoms with van der Waals surface area (Å²) in [5.41, 5.74) is -1.35. The Morgan fingerprint density at radius 3 is 2.42 bits per heavy atom. The summed E-state index contributed by atoms with van der Waals surface area (Å²) >= 11 is 0. The number of carbonyl (C=O) groups is 2. The molecular weight excluding hydrogens is 344 g/mol. The lowest BCUT2D eigenvalue weighted by Crippen LogP contribution is -2.28. The van der Waals surface area contributed by atoms with Crippen LogP contribution in [0.25, 0.3) is 0 Å². The molecule has 0 aliphatic carbocycles. The van der Waals surface area contributed by atoms with Crippen molar-refractivity contribution in [1.29, 1.82) is 0 Å². The fourth-order valence-electron chi connectivity index (χ4n) is 2.43. The zero-order valence-electron chi connectivity index (χ0n) is 15.5. The maximum Gasteiger partial charge on any atom is 0.412 e. The van der Waals surface area contributed by atoms with Crippen LogP contribution in [0.15, 0.2) is 12.1 Å². The number of nitrogens with one attached hydrogen (secondary N) is 1. The van der Waals surface area contributed by atoms with Crippen LogP contribution in [0, 0.1) is 10.1 Å². The van der Waals surface area contributed by atoms with Crippen LogP contribution in [0.5, 0.6) is 0 Å². The highest BCUT2D eigenvalue weighted by Crippen LogP contribution is 2.37. The average molecular weight is 368 g/mol. The Labute approximate surface area is 151 Å². The van der Waals surface area contributed by atoms with Gasteiger partial charge in [-0.25, -0.2) is 9.59 Å². The third-order valence-corrected chi connectivity index (χ3v) is 3.52. The topological polar surface area (TPSA) is 128 Å². The molecular formula is C17H24N2O7. The maximum absolute atomic E-state index is 12.1. The number of nitro benzene ring substituents is 1. The van der Waals surface area contributed by atoms with Gasteiger partial charge in [-0.05, 0) is 39.2 Å². The van der Waals surface area contributed by atoms with Crippen molar-refractivity contribution in [1.82, 2.24) is 0 Å². The zero-order valence-corrected chi connectivity index (χ0v) is 15.5. The Hall–Kier alpha value is -2.68. The van der Waals surface area contributed by atoms with E-state index in [1.54, 1.807) is 27.7 Å². The van der Waals surface area contributed by atoms with Gasteiger partial charge in [0.25, 0.3) is 5.69 Å². The Bertz CT molecular complexity index is 695. The summed E-state index contributed by atoms with van der Waals surface area (Å²) in [6.07, 6.45) is -0.482. The number of carbonyl (C=O) groups excluding carboxylic acids is 1. The molecule has 0 heterocycles. The van der Waals surface area contributed by atoms with E-state index in [2.05, 4.69) is 5.32 Å². The van der Waals surface area contributed by atoms with Gasteiger partial charge in [-0.2, -0.15) is 0 Å². The van der Waals surface area contributed by atoms with Crippen molar-refractivity contribution < 1.29 is 29.1 Å². The van der Waals surface area contributed by atoms with E-state index in [1.807, 2.05) is 0 Å². The van der Waals surface area contributed by atoms with Crippen LogP contribution >= 0.6 is 0 Å². The van der Waals surface area contributed by atoms with Crippen molar-refractivity contribution in [3.8, 4) is 0 Å². The predicted molar refractivity (Wildman–Crippen MR) is 94.8 cm³/mol. The van der Waals surface area contributed by atoms with Crippen LogP contribution in [-0.4, -0.2) is 41.4 Å². The van der Waals surface area contributed by atoms with Crippen molar-refractivity contribution in [2.24, 2.45) is 0 Å². The molecule has 0 spiro atoms. The number of amides is 1. The smallest absolute Gasteiger partial charge is 0.412 e. The third-order valence-electron chi connectivity index (χ3n) is 3.52. The molecule has 0 aliphatic rings. The van der Waals surface area contributed by atoms with Gasteiger partial charge in [0.2, 0.25) is 0 Å². The Morgan fingerprint density at radius 2 is 1.96 bits per heavy atom. The second kappa shape index (κ2) is 8.61. The normalized spacial score (nSPS) is 12.3. The van der Waals surface area contributed by atoms with Gasteiger partial charge in [0.1, 0.15) is 11.3 Å². The maximum atomic E-state index is 12.1. The number of carboxylic acids is 1. The minimum absolute atomic E-state index is 0.120. The standard InChI is InChI=1S/C17H24N2O7/c1-10(8-9-25-5)13-11(15(20)21)6-7-12(19(23)24)14(13)18-16(22)26-17(2,3)4/h6-7,10H,8-9H2,1-5H3,(H,18,22)(H,20,21). The van der Waals surface area contributed by atoms with Crippen LogP contribution in [-0.2, 0) is 9.47 Å². The highest BCUT2D eigenvalue weighted by molar-refractivity contribution is 5.97. The minimum atomic E-state index is -1.24. The molecule has 1 aromatic carbocycles. The number of nitro groups is 1. The number of rotatable bonds is 7. The molecule has 1 rings (SSSR count). The van der Waals surface area contributed by atoms with Crippen molar-refractivity contribution >= 4 is 23.4 Å². The lowest BCUT2D eigenvalue weighted by Gasteiger charge is -2.22. The lowest BCUT2D eigenvalue weighted by molar-refractivity contribution is -0.384. The molecule has 1 aromatic rings. The molecule has 0 saturated carbocycles. The Morgan fingerprint density at radius 1 is 1.35 bits per heavy atom. The molecule has 1 amide bonds. The summed E-state index contributed by atoms with van der Waals surface area (Å²) in [4.78, 5) is 34.5. The molecule has 0 fully saturated rings. The molecule has 0 aliphatic heterocycles. The van der Waals surface area contributed by atoms with Crippen LogP contribution in [0.4, 0.5) is 16.2 Å². The fourth-order valence-corrected chi connectivity index (χ4v) is 2.43. The predicted octanol–water partition coefficient (Wildman–Crippen LogP) is 3.78. The minimum Gasteiger partial charge on any atom is -0.478 e. The Kier molecular flexibility index (Phi) is 7.08. The molecule has 1 unspecified atom stereocenters. The van der Waals surface area contributed by atoms with E-state index in [4.69, 9.17) is 9.47 Å². The van der Waals surface area contributed by atoms with Crippen LogP contribution < -0.4 is 5.32 Å². The van der Waals surface area contributed by atoms with Crippen LogP contribution in [0.1, 0.15) is 56.0 Å². The molecule has 0 bridgehead atoms. The fraction of sp³-hybridized carbons (Fsp3) is 0.529. The van der Waals surface area contributed by atoms with Gasteiger partial charge < -0.3 is 14.6 Å². The molecule has 1 atom stereocenters. The van der Waals surface area contributed by atoms with E-state index in [1.165, 1.54) is 13.2 Å². The number of methoxy groups -OCH3 is 1. The second-order valence-corrected chi connectivity index (χ2v) is 6.79. The second-order valence-electron chi connectivity index (χ2n) is 6.79. The quantitative estimate of drug-likeness (QED) is 0.553. The molecule has 144 valence electrons. The van der Waals surface area contributed by atoms with E-state index in [9.17, 15) is 24.8 Å². The summed E-state index contributed by atoms with van der Waals surface area (Å²) in [7, 11) is 1.50. The molecule has 9 nitrogen and oxygen atoms in total. The van der Waals surface area contributed by atoms with Crippen LogP contribution in [0.2, 0.25) is 0 Å². The van der Waals surface area contributed by atoms with Gasteiger partial charge >= 0.3 is 12.1 Å². The summed E-state index contributed by atoms with van der Waals surface area (Å²) in [6.45, 7) is 6.99. The number of carboxylic acid groups (broad SMARTS) is 1. The summed E-state index contributed by atoms with van der Waals surface area (Å²) < 4.78 is 10.2. The lowest BCUT2D eigenvalue weighted by atomic mass is 9.90. The largest absolute Gasteiger partial charge is 0.478 e. The first-order valence-corrected chi connectivity index (χ1v) is 8.01.